The van der Waals surface area contributed by atoms with Crippen LogP contribution in [-0.4, -0.2) is 31.6 Å². The van der Waals surface area contributed by atoms with Crippen LogP contribution in [0.1, 0.15) is 15.9 Å². The molecule has 2 aromatic rings. The Morgan fingerprint density at radius 3 is 2.26 bits per heavy atom. The van der Waals surface area contributed by atoms with Gasteiger partial charge in [-0.05, 0) is 42.0 Å². The zero-order valence-electron chi connectivity index (χ0n) is 14.2. The quantitative estimate of drug-likeness (QED) is 0.578. The molecule has 0 radical (unpaired) electrons. The van der Waals surface area contributed by atoms with Crippen molar-refractivity contribution in [1.29, 1.82) is 0 Å². The van der Waals surface area contributed by atoms with Crippen molar-refractivity contribution in [3.05, 3.63) is 69.7 Å². The van der Waals surface area contributed by atoms with Crippen molar-refractivity contribution in [2.45, 2.75) is 0 Å². The largest absolute Gasteiger partial charge is 0.465 e. The summed E-state index contributed by atoms with van der Waals surface area (Å²) in [7, 11) is 1.29. The van der Waals surface area contributed by atoms with Crippen molar-refractivity contribution in [2.75, 3.05) is 19.0 Å². The SMILES string of the molecule is COC(=O)c1ccc(/C=C/C(=O)OCC(=O)Nc2cc(Cl)cc(Cl)c2)cc1. The van der Waals surface area contributed by atoms with E-state index in [9.17, 15) is 14.4 Å². The van der Waals surface area contributed by atoms with Gasteiger partial charge in [0.2, 0.25) is 0 Å². The van der Waals surface area contributed by atoms with Crippen LogP contribution in [0.5, 0.6) is 0 Å². The van der Waals surface area contributed by atoms with Crippen LogP contribution in [0.4, 0.5) is 5.69 Å². The maximum Gasteiger partial charge on any atom is 0.337 e. The number of esters is 2. The van der Waals surface area contributed by atoms with E-state index in [1.807, 2.05) is 0 Å². The first kappa shape index (κ1) is 20.5. The molecule has 0 saturated carbocycles. The molecule has 0 spiro atoms. The molecule has 0 aromatic heterocycles. The fourth-order valence-corrected chi connectivity index (χ4v) is 2.55. The summed E-state index contributed by atoms with van der Waals surface area (Å²) in [6.07, 6.45) is 2.68. The van der Waals surface area contributed by atoms with Crippen LogP contribution in [0.15, 0.2) is 48.5 Å². The second-order valence-electron chi connectivity index (χ2n) is 5.26. The first-order valence-electron chi connectivity index (χ1n) is 7.66. The number of carbonyl (C=O) groups is 3. The zero-order valence-corrected chi connectivity index (χ0v) is 15.7. The molecule has 0 aliphatic rings. The van der Waals surface area contributed by atoms with Crippen LogP contribution in [0.25, 0.3) is 6.08 Å². The van der Waals surface area contributed by atoms with Crippen LogP contribution in [0.3, 0.4) is 0 Å². The number of ether oxygens (including phenoxy) is 2. The Kier molecular flexibility index (Phi) is 7.40. The van der Waals surface area contributed by atoms with Crippen LogP contribution < -0.4 is 5.32 Å². The third kappa shape index (κ3) is 6.77. The zero-order chi connectivity index (χ0) is 19.8. The topological polar surface area (TPSA) is 81.7 Å². The lowest BCUT2D eigenvalue weighted by Gasteiger charge is -2.06. The minimum Gasteiger partial charge on any atom is -0.465 e. The number of nitrogens with one attached hydrogen (secondary N) is 1. The highest BCUT2D eigenvalue weighted by molar-refractivity contribution is 6.35. The summed E-state index contributed by atoms with van der Waals surface area (Å²) in [6, 6.07) is 11.0. The standard InChI is InChI=1S/C19H15Cl2NO5/c1-26-19(25)13-5-2-12(3-6-13)4-7-18(24)27-11-17(23)22-16-9-14(20)8-15(21)10-16/h2-10H,11H2,1H3,(H,22,23)/b7-4+. The first-order valence-corrected chi connectivity index (χ1v) is 8.42. The average molecular weight is 408 g/mol. The van der Waals surface area contributed by atoms with Crippen molar-refractivity contribution < 1.29 is 23.9 Å². The molecule has 0 unspecified atom stereocenters. The predicted molar refractivity (Wildman–Crippen MR) is 103 cm³/mol. The van der Waals surface area contributed by atoms with Crippen molar-refractivity contribution in [2.24, 2.45) is 0 Å². The molecule has 0 saturated heterocycles. The molecule has 140 valence electrons. The number of halogens is 2. The van der Waals surface area contributed by atoms with Gasteiger partial charge in [-0.25, -0.2) is 9.59 Å². The lowest BCUT2D eigenvalue weighted by atomic mass is 10.1. The third-order valence-corrected chi connectivity index (χ3v) is 3.67. The number of hydrogen-bond acceptors (Lipinski definition) is 5. The second kappa shape index (κ2) is 9.75. The van der Waals surface area contributed by atoms with E-state index in [0.717, 1.165) is 0 Å². The molecule has 0 heterocycles. The Labute approximate surface area is 165 Å². The van der Waals surface area contributed by atoms with Gasteiger partial charge >= 0.3 is 11.9 Å². The molecule has 0 atom stereocenters. The van der Waals surface area contributed by atoms with Crippen LogP contribution >= 0.6 is 23.2 Å². The number of amides is 1. The Balaban J connectivity index is 1.83. The molecule has 0 aliphatic heterocycles. The maximum atomic E-state index is 11.8. The Hall–Kier alpha value is -2.83. The Bertz CT molecular complexity index is 858. The summed E-state index contributed by atoms with van der Waals surface area (Å²) in [5, 5.41) is 3.26. The summed E-state index contributed by atoms with van der Waals surface area (Å²) in [4.78, 5) is 34.8. The third-order valence-electron chi connectivity index (χ3n) is 3.24. The van der Waals surface area contributed by atoms with E-state index in [4.69, 9.17) is 27.9 Å². The molecule has 0 aliphatic carbocycles. The fraction of sp³-hybridized carbons (Fsp3) is 0.105. The van der Waals surface area contributed by atoms with Crippen LogP contribution in [-0.2, 0) is 19.1 Å². The normalized spacial score (nSPS) is 10.5. The lowest BCUT2D eigenvalue weighted by molar-refractivity contribution is -0.142. The van der Waals surface area contributed by atoms with E-state index in [-0.39, 0.29) is 0 Å². The lowest BCUT2D eigenvalue weighted by Crippen LogP contribution is -2.20. The maximum absolute atomic E-state index is 11.8. The van der Waals surface area contributed by atoms with Gasteiger partial charge in [0, 0.05) is 21.8 Å². The predicted octanol–water partition coefficient (Wildman–Crippen LogP) is 3.98. The monoisotopic (exact) mass is 407 g/mol. The number of hydrogen-bond donors (Lipinski definition) is 1. The summed E-state index contributed by atoms with van der Waals surface area (Å²) >= 11 is 11.7. The second-order valence-corrected chi connectivity index (χ2v) is 6.13. The van der Waals surface area contributed by atoms with Crippen LogP contribution in [0, 0.1) is 0 Å². The Morgan fingerprint density at radius 1 is 1.04 bits per heavy atom. The molecule has 27 heavy (non-hydrogen) atoms. The van der Waals surface area contributed by atoms with Gasteiger partial charge in [-0.3, -0.25) is 4.79 Å². The van der Waals surface area contributed by atoms with Crippen molar-refractivity contribution in [3.63, 3.8) is 0 Å². The molecule has 0 bridgehead atoms. The number of rotatable bonds is 6. The van der Waals surface area contributed by atoms with E-state index in [1.54, 1.807) is 24.3 Å². The smallest absolute Gasteiger partial charge is 0.337 e. The Morgan fingerprint density at radius 2 is 1.67 bits per heavy atom. The first-order chi connectivity index (χ1) is 12.9. The highest BCUT2D eigenvalue weighted by Crippen LogP contribution is 2.22. The average Bonchev–Trinajstić information content (AvgIpc) is 2.63. The molecule has 8 heteroatoms. The summed E-state index contributed by atoms with van der Waals surface area (Å²) in [5.74, 6) is -1.67. The number of methoxy groups -OCH3 is 1. The molecule has 2 rings (SSSR count). The van der Waals surface area contributed by atoms with Gasteiger partial charge < -0.3 is 14.8 Å². The van der Waals surface area contributed by atoms with Gasteiger partial charge in [0.25, 0.3) is 5.91 Å². The molecule has 1 N–H and O–H groups in total. The van der Waals surface area contributed by atoms with Gasteiger partial charge in [0.05, 0.1) is 12.7 Å². The highest BCUT2D eigenvalue weighted by Gasteiger charge is 2.07. The molecular weight excluding hydrogens is 393 g/mol. The number of benzene rings is 2. The van der Waals surface area contributed by atoms with Gasteiger partial charge in [-0.1, -0.05) is 35.3 Å². The molecule has 1 amide bonds. The molecule has 2 aromatic carbocycles. The summed E-state index contributed by atoms with van der Waals surface area (Å²) in [6.45, 7) is -0.464. The molecule has 0 fully saturated rings. The van der Waals surface area contributed by atoms with Crippen molar-refractivity contribution >= 4 is 52.8 Å². The highest BCUT2D eigenvalue weighted by atomic mass is 35.5. The van der Waals surface area contributed by atoms with Crippen LogP contribution in [0.2, 0.25) is 10.0 Å². The molecule has 6 nitrogen and oxygen atoms in total. The number of carbonyl (C=O) groups excluding carboxylic acids is 3. The van der Waals surface area contributed by atoms with Gasteiger partial charge in [0.15, 0.2) is 6.61 Å². The van der Waals surface area contributed by atoms with E-state index < -0.39 is 24.5 Å². The van der Waals surface area contributed by atoms with Crippen molar-refractivity contribution in [1.82, 2.24) is 0 Å². The van der Waals surface area contributed by atoms with E-state index in [1.165, 1.54) is 37.5 Å². The summed E-state index contributed by atoms with van der Waals surface area (Å²) < 4.78 is 9.46. The van der Waals surface area contributed by atoms with E-state index in [2.05, 4.69) is 10.1 Å². The minimum atomic E-state index is -0.689. The fourth-order valence-electron chi connectivity index (χ4n) is 2.02. The minimum absolute atomic E-state index is 0.371. The summed E-state index contributed by atoms with van der Waals surface area (Å²) in [5.41, 5.74) is 1.47. The van der Waals surface area contributed by atoms with Gasteiger partial charge in [-0.2, -0.15) is 0 Å². The number of anilines is 1. The molecular formula is C19H15Cl2NO5. The van der Waals surface area contributed by atoms with Gasteiger partial charge in [0.1, 0.15) is 0 Å². The van der Waals surface area contributed by atoms with E-state index in [0.29, 0.717) is 26.9 Å². The van der Waals surface area contributed by atoms with Gasteiger partial charge in [-0.15, -0.1) is 0 Å². The van der Waals surface area contributed by atoms with Crippen molar-refractivity contribution in [3.8, 4) is 0 Å². The van der Waals surface area contributed by atoms with E-state index >= 15 is 0 Å².